The molecule has 0 saturated heterocycles. The maximum absolute atomic E-state index is 11.9. The summed E-state index contributed by atoms with van der Waals surface area (Å²) in [7, 11) is 0. The highest BCUT2D eigenvalue weighted by Gasteiger charge is 2.13. The van der Waals surface area contributed by atoms with Crippen LogP contribution in [0.1, 0.15) is 42.1 Å². The Hall–Kier alpha value is -1.74. The molecule has 0 aliphatic rings. The van der Waals surface area contributed by atoms with Crippen molar-refractivity contribution in [3.63, 3.8) is 0 Å². The molecule has 0 bridgehead atoms. The largest absolute Gasteiger partial charge is 0.452 e. The smallest absolute Gasteiger partial charge is 0.260 e. The molecule has 0 aliphatic heterocycles. The third kappa shape index (κ3) is 3.18. The molecule has 1 unspecified atom stereocenters. The van der Waals surface area contributed by atoms with Gasteiger partial charge in [-0.3, -0.25) is 4.79 Å². The predicted molar refractivity (Wildman–Crippen MR) is 76.8 cm³/mol. The van der Waals surface area contributed by atoms with Crippen LogP contribution in [0.15, 0.2) is 41.0 Å². The number of carbonyl (C=O) groups is 1. The van der Waals surface area contributed by atoms with Gasteiger partial charge in [0.05, 0.1) is 11.8 Å². The van der Waals surface area contributed by atoms with Crippen LogP contribution >= 0.6 is 11.6 Å². The van der Waals surface area contributed by atoms with E-state index in [1.807, 2.05) is 24.3 Å². The van der Waals surface area contributed by atoms with E-state index in [4.69, 9.17) is 16.0 Å². The molecule has 0 spiro atoms. The second-order valence-electron chi connectivity index (χ2n) is 4.49. The predicted octanol–water partition coefficient (Wildman–Crippen LogP) is 4.70. The number of hydrogen-bond donors (Lipinski definition) is 1. The maximum atomic E-state index is 11.9. The first-order valence-corrected chi connectivity index (χ1v) is 6.64. The van der Waals surface area contributed by atoms with Gasteiger partial charge in [0.15, 0.2) is 0 Å². The summed E-state index contributed by atoms with van der Waals surface area (Å²) in [5.41, 5.74) is 2.35. The zero-order valence-corrected chi connectivity index (χ0v) is 11.7. The second kappa shape index (κ2) is 5.93. The number of halogens is 1. The number of amides is 1. The molecular formula is C15H16ClNO2. The number of rotatable bonds is 4. The van der Waals surface area contributed by atoms with Crippen molar-refractivity contribution in [3.05, 3.63) is 52.9 Å². The van der Waals surface area contributed by atoms with Crippen LogP contribution in [0.3, 0.4) is 0 Å². The van der Waals surface area contributed by atoms with E-state index < -0.39 is 0 Å². The topological polar surface area (TPSA) is 42.2 Å². The molecule has 1 amide bonds. The van der Waals surface area contributed by atoms with Crippen molar-refractivity contribution in [2.45, 2.75) is 26.2 Å². The first-order chi connectivity index (χ1) is 9.11. The highest BCUT2D eigenvalue weighted by Crippen LogP contribution is 2.22. The van der Waals surface area contributed by atoms with E-state index in [9.17, 15) is 4.79 Å². The van der Waals surface area contributed by atoms with Crippen LogP contribution in [0.2, 0.25) is 5.22 Å². The number of anilines is 1. The van der Waals surface area contributed by atoms with Gasteiger partial charge >= 0.3 is 0 Å². The summed E-state index contributed by atoms with van der Waals surface area (Å²) in [6.45, 7) is 4.33. The van der Waals surface area contributed by atoms with Gasteiger partial charge in [-0.1, -0.05) is 26.0 Å². The quantitative estimate of drug-likeness (QED) is 0.880. The molecule has 100 valence electrons. The number of furan rings is 1. The van der Waals surface area contributed by atoms with Crippen LogP contribution in [-0.2, 0) is 0 Å². The molecule has 0 saturated carbocycles. The van der Waals surface area contributed by atoms with Gasteiger partial charge in [0, 0.05) is 5.69 Å². The Bertz CT molecular complexity index is 560. The normalized spacial score (nSPS) is 12.2. The summed E-state index contributed by atoms with van der Waals surface area (Å²) in [5.74, 6) is 0.253. The van der Waals surface area contributed by atoms with Gasteiger partial charge < -0.3 is 9.73 Å². The fourth-order valence-electron chi connectivity index (χ4n) is 1.78. The Balaban J connectivity index is 2.08. The number of carbonyl (C=O) groups excluding carboxylic acids is 1. The van der Waals surface area contributed by atoms with E-state index in [2.05, 4.69) is 19.2 Å². The van der Waals surface area contributed by atoms with Gasteiger partial charge in [0.25, 0.3) is 5.91 Å². The zero-order chi connectivity index (χ0) is 13.8. The van der Waals surface area contributed by atoms with Crippen molar-refractivity contribution in [1.82, 2.24) is 0 Å². The summed E-state index contributed by atoms with van der Waals surface area (Å²) in [6.07, 6.45) is 2.49. The van der Waals surface area contributed by atoms with E-state index >= 15 is 0 Å². The third-order valence-corrected chi connectivity index (χ3v) is 3.51. The van der Waals surface area contributed by atoms with Gasteiger partial charge in [0.2, 0.25) is 5.22 Å². The van der Waals surface area contributed by atoms with Crippen LogP contribution in [0, 0.1) is 0 Å². The third-order valence-electron chi connectivity index (χ3n) is 3.21. The zero-order valence-electron chi connectivity index (χ0n) is 10.9. The van der Waals surface area contributed by atoms with Crippen LogP contribution in [-0.4, -0.2) is 5.91 Å². The standard InChI is InChI=1S/C15H16ClNO2/c1-3-10(2)11-4-6-12(7-5-11)17-15(18)13-8-9-19-14(13)16/h4-10H,3H2,1-2H3,(H,17,18). The Kier molecular flexibility index (Phi) is 4.27. The van der Waals surface area contributed by atoms with Crippen molar-refractivity contribution in [2.75, 3.05) is 5.32 Å². The van der Waals surface area contributed by atoms with E-state index in [1.165, 1.54) is 11.8 Å². The minimum atomic E-state index is -0.268. The van der Waals surface area contributed by atoms with Gasteiger partial charge in [-0.25, -0.2) is 0 Å². The molecule has 0 radical (unpaired) electrons. The van der Waals surface area contributed by atoms with Crippen molar-refractivity contribution >= 4 is 23.2 Å². The molecule has 1 heterocycles. The Morgan fingerprint density at radius 3 is 2.53 bits per heavy atom. The van der Waals surface area contributed by atoms with Gasteiger partial charge in [0.1, 0.15) is 0 Å². The minimum absolute atomic E-state index is 0.105. The minimum Gasteiger partial charge on any atom is -0.452 e. The average molecular weight is 278 g/mol. The van der Waals surface area contributed by atoms with Crippen molar-refractivity contribution in [3.8, 4) is 0 Å². The monoisotopic (exact) mass is 277 g/mol. The Labute approximate surface area is 117 Å². The lowest BCUT2D eigenvalue weighted by molar-refractivity contribution is 0.102. The van der Waals surface area contributed by atoms with E-state index in [0.29, 0.717) is 11.5 Å². The first-order valence-electron chi connectivity index (χ1n) is 6.26. The summed E-state index contributed by atoms with van der Waals surface area (Å²) in [6, 6.07) is 9.40. The van der Waals surface area contributed by atoms with Gasteiger partial charge in [-0.15, -0.1) is 0 Å². The fourth-order valence-corrected chi connectivity index (χ4v) is 1.99. The van der Waals surface area contributed by atoms with E-state index in [1.54, 1.807) is 6.07 Å². The number of hydrogen-bond acceptors (Lipinski definition) is 2. The average Bonchev–Trinajstić information content (AvgIpc) is 2.85. The molecule has 4 heteroatoms. The van der Waals surface area contributed by atoms with Crippen LogP contribution < -0.4 is 5.32 Å². The molecule has 0 fully saturated rings. The molecular weight excluding hydrogens is 262 g/mol. The molecule has 1 atom stereocenters. The van der Waals surface area contributed by atoms with Crippen molar-refractivity contribution in [2.24, 2.45) is 0 Å². The van der Waals surface area contributed by atoms with E-state index in [0.717, 1.165) is 12.1 Å². The van der Waals surface area contributed by atoms with Crippen LogP contribution in [0.5, 0.6) is 0 Å². The lowest BCUT2D eigenvalue weighted by Gasteiger charge is -2.10. The Morgan fingerprint density at radius 2 is 2.00 bits per heavy atom. The van der Waals surface area contributed by atoms with Crippen molar-refractivity contribution < 1.29 is 9.21 Å². The molecule has 1 N–H and O–H groups in total. The lowest BCUT2D eigenvalue weighted by Crippen LogP contribution is -2.11. The molecule has 0 aliphatic carbocycles. The van der Waals surface area contributed by atoms with E-state index in [-0.39, 0.29) is 11.1 Å². The summed E-state index contributed by atoms with van der Waals surface area (Å²) in [4.78, 5) is 11.9. The lowest BCUT2D eigenvalue weighted by atomic mass is 9.99. The molecule has 19 heavy (non-hydrogen) atoms. The molecule has 3 nitrogen and oxygen atoms in total. The molecule has 1 aromatic heterocycles. The number of benzene rings is 1. The van der Waals surface area contributed by atoms with Gasteiger partial charge in [-0.2, -0.15) is 0 Å². The second-order valence-corrected chi connectivity index (χ2v) is 4.84. The van der Waals surface area contributed by atoms with Crippen LogP contribution in [0.4, 0.5) is 5.69 Å². The summed E-state index contributed by atoms with van der Waals surface area (Å²) < 4.78 is 4.89. The summed E-state index contributed by atoms with van der Waals surface area (Å²) in [5, 5.41) is 2.89. The maximum Gasteiger partial charge on any atom is 0.260 e. The number of nitrogens with one attached hydrogen (secondary N) is 1. The highest BCUT2D eigenvalue weighted by atomic mass is 35.5. The molecule has 2 rings (SSSR count). The Morgan fingerprint density at radius 1 is 1.32 bits per heavy atom. The summed E-state index contributed by atoms with van der Waals surface area (Å²) >= 11 is 5.76. The fraction of sp³-hybridized carbons (Fsp3) is 0.267. The van der Waals surface area contributed by atoms with Gasteiger partial charge in [-0.05, 0) is 47.7 Å². The van der Waals surface area contributed by atoms with Crippen molar-refractivity contribution in [1.29, 1.82) is 0 Å². The first kappa shape index (κ1) is 13.7. The highest BCUT2D eigenvalue weighted by molar-refractivity contribution is 6.32. The van der Waals surface area contributed by atoms with Crippen LogP contribution in [0.25, 0.3) is 0 Å². The SMILES string of the molecule is CCC(C)c1ccc(NC(=O)c2ccoc2Cl)cc1. The molecule has 1 aromatic carbocycles. The molecule has 2 aromatic rings.